The van der Waals surface area contributed by atoms with Crippen LogP contribution in [0.3, 0.4) is 0 Å². The third-order valence-electron chi connectivity index (χ3n) is 8.17. The molecule has 4 aliphatic heterocycles. The van der Waals surface area contributed by atoms with Crippen LogP contribution in [0, 0.1) is 28.6 Å². The summed E-state index contributed by atoms with van der Waals surface area (Å²) < 4.78 is 5.44. The molecule has 4 rings (SSSR count). The number of hydrogen-bond donors (Lipinski definition) is 1. The maximum absolute atomic E-state index is 13.4. The Morgan fingerprint density at radius 1 is 0.935 bits per heavy atom. The Bertz CT molecular complexity index is 608. The van der Waals surface area contributed by atoms with Crippen molar-refractivity contribution in [3.63, 3.8) is 0 Å². The Labute approximate surface area is 188 Å². The van der Waals surface area contributed by atoms with E-state index in [1.165, 1.54) is 19.3 Å². The number of likely N-dealkylation sites (tertiary alicyclic amines) is 2. The van der Waals surface area contributed by atoms with Crippen LogP contribution in [0.1, 0.15) is 44.9 Å². The fraction of sp³-hybridized carbons (Fsp3) is 0.917. The van der Waals surface area contributed by atoms with Crippen LogP contribution in [0.25, 0.3) is 0 Å². The highest BCUT2D eigenvalue weighted by Crippen LogP contribution is 2.35. The molecule has 1 N–H and O–H groups in total. The topological polar surface area (TPSA) is 71.8 Å². The van der Waals surface area contributed by atoms with Gasteiger partial charge in [-0.1, -0.05) is 0 Å². The summed E-state index contributed by atoms with van der Waals surface area (Å²) in [6.45, 7) is 11.8. The number of nitrogens with zero attached hydrogens (tertiary/aromatic N) is 4. The van der Waals surface area contributed by atoms with Crippen molar-refractivity contribution in [3.8, 4) is 6.07 Å². The summed E-state index contributed by atoms with van der Waals surface area (Å²) in [5.74, 6) is 1.59. The summed E-state index contributed by atoms with van der Waals surface area (Å²) >= 11 is 0. The standard InChI is InChI=1S/C24H41N5O2/c25-20-24(6-13-28(14-7-24)19-22-1-8-26-9-2-22)23(30)29-11-4-21(5-12-29)3-10-27-15-17-31-18-16-27/h21-22,26H,1-19H2. The molecule has 0 aromatic rings. The number of rotatable bonds is 6. The van der Waals surface area contributed by atoms with Crippen LogP contribution >= 0.6 is 0 Å². The van der Waals surface area contributed by atoms with Crippen LogP contribution in [0.4, 0.5) is 0 Å². The van der Waals surface area contributed by atoms with Crippen LogP contribution in [0.5, 0.6) is 0 Å². The third-order valence-corrected chi connectivity index (χ3v) is 8.17. The van der Waals surface area contributed by atoms with Crippen molar-refractivity contribution in [2.24, 2.45) is 17.3 Å². The fourth-order valence-corrected chi connectivity index (χ4v) is 5.84. The van der Waals surface area contributed by atoms with E-state index in [0.29, 0.717) is 18.8 Å². The molecule has 0 bridgehead atoms. The maximum atomic E-state index is 13.4. The number of nitrogens with one attached hydrogen (secondary N) is 1. The molecule has 7 heteroatoms. The summed E-state index contributed by atoms with van der Waals surface area (Å²) in [6.07, 6.45) is 7.28. The largest absolute Gasteiger partial charge is 0.379 e. The van der Waals surface area contributed by atoms with Gasteiger partial charge >= 0.3 is 0 Å². The second-order valence-electron chi connectivity index (χ2n) is 10.2. The van der Waals surface area contributed by atoms with Crippen molar-refractivity contribution in [1.82, 2.24) is 20.0 Å². The van der Waals surface area contributed by atoms with Gasteiger partial charge in [0, 0.05) is 45.8 Å². The first-order chi connectivity index (χ1) is 15.2. The molecule has 4 saturated heterocycles. The van der Waals surface area contributed by atoms with Gasteiger partial charge in [-0.2, -0.15) is 5.26 Å². The van der Waals surface area contributed by atoms with Gasteiger partial charge in [0.05, 0.1) is 19.3 Å². The van der Waals surface area contributed by atoms with Crippen molar-refractivity contribution >= 4 is 5.91 Å². The molecule has 174 valence electrons. The van der Waals surface area contributed by atoms with Crippen molar-refractivity contribution in [3.05, 3.63) is 0 Å². The van der Waals surface area contributed by atoms with Crippen molar-refractivity contribution in [1.29, 1.82) is 5.26 Å². The zero-order valence-electron chi connectivity index (χ0n) is 19.2. The zero-order valence-corrected chi connectivity index (χ0v) is 19.2. The second-order valence-corrected chi connectivity index (χ2v) is 10.2. The Kier molecular flexibility index (Phi) is 8.22. The van der Waals surface area contributed by atoms with Gasteiger partial charge < -0.3 is 19.9 Å². The fourth-order valence-electron chi connectivity index (χ4n) is 5.84. The number of amides is 1. The van der Waals surface area contributed by atoms with E-state index in [9.17, 15) is 10.1 Å². The number of hydrogen-bond acceptors (Lipinski definition) is 6. The average molecular weight is 432 g/mol. The minimum absolute atomic E-state index is 0.114. The summed E-state index contributed by atoms with van der Waals surface area (Å²) in [5, 5.41) is 13.4. The lowest BCUT2D eigenvalue weighted by Gasteiger charge is -2.42. The average Bonchev–Trinajstić information content (AvgIpc) is 2.84. The molecule has 31 heavy (non-hydrogen) atoms. The number of piperidine rings is 3. The molecule has 0 aliphatic carbocycles. The van der Waals surface area contributed by atoms with Crippen LogP contribution in [0.15, 0.2) is 0 Å². The monoisotopic (exact) mass is 431 g/mol. The zero-order chi connectivity index (χ0) is 21.5. The molecule has 0 unspecified atom stereocenters. The van der Waals surface area contributed by atoms with Gasteiger partial charge in [-0.3, -0.25) is 9.69 Å². The van der Waals surface area contributed by atoms with Gasteiger partial charge in [0.2, 0.25) is 5.91 Å². The first kappa shape index (κ1) is 23.0. The highest BCUT2D eigenvalue weighted by Gasteiger charge is 2.45. The number of carbonyl (C=O) groups is 1. The lowest BCUT2D eigenvalue weighted by Crippen LogP contribution is -2.52. The molecule has 0 aromatic heterocycles. The number of carbonyl (C=O) groups excluding carboxylic acids is 1. The Hall–Kier alpha value is -1.20. The van der Waals surface area contributed by atoms with E-state index in [2.05, 4.69) is 21.2 Å². The van der Waals surface area contributed by atoms with Crippen LogP contribution in [-0.4, -0.2) is 99.3 Å². The number of ether oxygens (including phenoxy) is 1. The molecule has 0 aromatic carbocycles. The summed E-state index contributed by atoms with van der Waals surface area (Å²) in [4.78, 5) is 20.4. The minimum Gasteiger partial charge on any atom is -0.379 e. The van der Waals surface area contributed by atoms with Crippen LogP contribution < -0.4 is 5.32 Å². The Morgan fingerprint density at radius 3 is 2.26 bits per heavy atom. The molecule has 0 spiro atoms. The molecule has 0 radical (unpaired) electrons. The van der Waals surface area contributed by atoms with Gasteiger partial charge in [0.15, 0.2) is 0 Å². The second kappa shape index (κ2) is 11.1. The number of nitriles is 1. The SMILES string of the molecule is N#CC1(C(=O)N2CCC(CCN3CCOCC3)CC2)CCN(CC2CCNCC2)CC1. The maximum Gasteiger partial charge on any atom is 0.243 e. The molecular formula is C24H41N5O2. The summed E-state index contributed by atoms with van der Waals surface area (Å²) in [6, 6.07) is 2.47. The van der Waals surface area contributed by atoms with Crippen LogP contribution in [-0.2, 0) is 9.53 Å². The first-order valence-corrected chi connectivity index (χ1v) is 12.6. The van der Waals surface area contributed by atoms with Gasteiger partial charge in [0.25, 0.3) is 0 Å². The third kappa shape index (κ3) is 5.98. The molecule has 0 atom stereocenters. The highest BCUT2D eigenvalue weighted by molar-refractivity contribution is 5.85. The Balaban J connectivity index is 1.20. The minimum atomic E-state index is -0.786. The van der Waals surface area contributed by atoms with Crippen molar-refractivity contribution < 1.29 is 9.53 Å². The van der Waals surface area contributed by atoms with Crippen LogP contribution in [0.2, 0.25) is 0 Å². The predicted octanol–water partition coefficient (Wildman–Crippen LogP) is 1.55. The summed E-state index contributed by atoms with van der Waals surface area (Å²) in [7, 11) is 0. The highest BCUT2D eigenvalue weighted by atomic mass is 16.5. The Morgan fingerprint density at radius 2 is 1.61 bits per heavy atom. The van der Waals surface area contributed by atoms with Gasteiger partial charge in [-0.15, -0.1) is 0 Å². The van der Waals surface area contributed by atoms with E-state index in [-0.39, 0.29) is 5.91 Å². The number of morpholine rings is 1. The first-order valence-electron chi connectivity index (χ1n) is 12.6. The quantitative estimate of drug-likeness (QED) is 0.688. The molecule has 4 heterocycles. The summed E-state index contributed by atoms with van der Waals surface area (Å²) in [5.41, 5.74) is -0.786. The van der Waals surface area contributed by atoms with E-state index in [0.717, 1.165) is 97.4 Å². The normalized spacial score (nSPS) is 27.1. The molecule has 7 nitrogen and oxygen atoms in total. The molecule has 1 amide bonds. The van der Waals surface area contributed by atoms with Gasteiger partial charge in [-0.05, 0) is 76.4 Å². The van der Waals surface area contributed by atoms with Gasteiger partial charge in [-0.25, -0.2) is 0 Å². The van der Waals surface area contributed by atoms with E-state index < -0.39 is 5.41 Å². The van der Waals surface area contributed by atoms with E-state index in [4.69, 9.17) is 4.74 Å². The van der Waals surface area contributed by atoms with E-state index in [1.807, 2.05) is 4.90 Å². The lowest BCUT2D eigenvalue weighted by atomic mass is 9.77. The lowest BCUT2D eigenvalue weighted by molar-refractivity contribution is -0.143. The predicted molar refractivity (Wildman–Crippen MR) is 120 cm³/mol. The molecule has 0 saturated carbocycles. The van der Waals surface area contributed by atoms with Crippen molar-refractivity contribution in [2.45, 2.75) is 44.9 Å². The van der Waals surface area contributed by atoms with Gasteiger partial charge in [0.1, 0.15) is 5.41 Å². The van der Waals surface area contributed by atoms with Crippen molar-refractivity contribution in [2.75, 3.05) is 78.7 Å². The molecular weight excluding hydrogens is 390 g/mol. The smallest absolute Gasteiger partial charge is 0.243 e. The molecule has 4 fully saturated rings. The molecule has 4 aliphatic rings. The van der Waals surface area contributed by atoms with E-state index in [1.54, 1.807) is 0 Å². The van der Waals surface area contributed by atoms with E-state index >= 15 is 0 Å².